The van der Waals surface area contributed by atoms with Crippen LogP contribution in [0.4, 0.5) is 0 Å². The number of carbonyl (C=O) groups excluding carboxylic acids is 1. The summed E-state index contributed by atoms with van der Waals surface area (Å²) in [7, 11) is 0. The van der Waals surface area contributed by atoms with Crippen molar-refractivity contribution in [3.05, 3.63) is 11.7 Å². The predicted octanol–water partition coefficient (Wildman–Crippen LogP) is 1.84. The molecule has 2 heterocycles. The van der Waals surface area contributed by atoms with Crippen LogP contribution in [0.5, 0.6) is 0 Å². The molecule has 0 aromatic carbocycles. The molecule has 0 spiro atoms. The lowest BCUT2D eigenvalue weighted by Gasteiger charge is -2.31. The highest BCUT2D eigenvalue weighted by atomic mass is 16.5. The van der Waals surface area contributed by atoms with Crippen LogP contribution in [-0.2, 0) is 16.1 Å². The molecule has 1 saturated heterocycles. The predicted molar refractivity (Wildman–Crippen MR) is 88.4 cm³/mol. The standard InChI is InChI=1S/C17H28N4O3/c1-13(21-7-9-23-10-8-21)11-15(22)18-12-16-19-17(20-24-16)14-5-3-2-4-6-14/h13-14H,2-12H2,1H3,(H,18,22)/t13-/m0/s1. The first-order valence-corrected chi connectivity index (χ1v) is 9.13. The van der Waals surface area contributed by atoms with Crippen LogP contribution in [-0.4, -0.2) is 53.3 Å². The number of rotatable bonds is 6. The molecule has 24 heavy (non-hydrogen) atoms. The van der Waals surface area contributed by atoms with Gasteiger partial charge in [-0.3, -0.25) is 9.69 Å². The van der Waals surface area contributed by atoms with E-state index in [1.54, 1.807) is 0 Å². The number of ether oxygens (including phenoxy) is 1. The van der Waals surface area contributed by atoms with Crippen LogP contribution < -0.4 is 5.32 Å². The maximum Gasteiger partial charge on any atom is 0.246 e. The van der Waals surface area contributed by atoms with Crippen LogP contribution in [0.2, 0.25) is 0 Å². The van der Waals surface area contributed by atoms with Gasteiger partial charge in [-0.15, -0.1) is 0 Å². The highest BCUT2D eigenvalue weighted by Crippen LogP contribution is 2.30. The smallest absolute Gasteiger partial charge is 0.246 e. The molecular weight excluding hydrogens is 308 g/mol. The Kier molecular flexibility index (Phi) is 6.20. The summed E-state index contributed by atoms with van der Waals surface area (Å²) in [5.41, 5.74) is 0. The summed E-state index contributed by atoms with van der Waals surface area (Å²) in [6.07, 6.45) is 6.54. The highest BCUT2D eigenvalue weighted by molar-refractivity contribution is 5.76. The molecule has 2 fully saturated rings. The van der Waals surface area contributed by atoms with Crippen molar-refractivity contribution in [1.82, 2.24) is 20.4 Å². The zero-order valence-electron chi connectivity index (χ0n) is 14.5. The minimum absolute atomic E-state index is 0.0198. The second-order valence-corrected chi connectivity index (χ2v) is 6.86. The minimum atomic E-state index is 0.0198. The molecule has 7 heteroatoms. The quantitative estimate of drug-likeness (QED) is 0.854. The van der Waals surface area contributed by atoms with Crippen molar-refractivity contribution in [2.45, 2.75) is 64.0 Å². The lowest BCUT2D eigenvalue weighted by molar-refractivity contribution is -0.122. The molecular formula is C17H28N4O3. The van der Waals surface area contributed by atoms with E-state index in [9.17, 15) is 4.79 Å². The van der Waals surface area contributed by atoms with Crippen molar-refractivity contribution < 1.29 is 14.1 Å². The van der Waals surface area contributed by atoms with Crippen LogP contribution >= 0.6 is 0 Å². The fourth-order valence-corrected chi connectivity index (χ4v) is 3.53. The first-order chi connectivity index (χ1) is 11.7. The summed E-state index contributed by atoms with van der Waals surface area (Å²) in [5.74, 6) is 1.75. The molecule has 1 aliphatic carbocycles. The molecule has 3 rings (SSSR count). The van der Waals surface area contributed by atoms with Crippen molar-refractivity contribution in [2.75, 3.05) is 26.3 Å². The Balaban J connectivity index is 1.41. The molecule has 1 aromatic heterocycles. The maximum absolute atomic E-state index is 12.1. The minimum Gasteiger partial charge on any atom is -0.379 e. The molecule has 0 radical (unpaired) electrons. The van der Waals surface area contributed by atoms with Gasteiger partial charge in [-0.1, -0.05) is 24.4 Å². The van der Waals surface area contributed by atoms with E-state index >= 15 is 0 Å². The lowest BCUT2D eigenvalue weighted by Crippen LogP contribution is -2.44. The van der Waals surface area contributed by atoms with Crippen LogP contribution in [0.1, 0.15) is 63.1 Å². The fourth-order valence-electron chi connectivity index (χ4n) is 3.53. The van der Waals surface area contributed by atoms with Gasteiger partial charge >= 0.3 is 0 Å². The van der Waals surface area contributed by atoms with E-state index in [2.05, 4.69) is 27.3 Å². The van der Waals surface area contributed by atoms with Crippen LogP contribution in [0, 0.1) is 0 Å². The summed E-state index contributed by atoms with van der Waals surface area (Å²) in [6, 6.07) is 0.217. The molecule has 0 unspecified atom stereocenters. The number of amides is 1. The van der Waals surface area contributed by atoms with E-state index in [4.69, 9.17) is 9.26 Å². The van der Waals surface area contributed by atoms with E-state index < -0.39 is 0 Å². The number of hydrogen-bond acceptors (Lipinski definition) is 6. The summed E-state index contributed by atoms with van der Waals surface area (Å²) in [5, 5.41) is 6.98. The molecule has 2 aliphatic rings. The van der Waals surface area contributed by atoms with Gasteiger partial charge in [-0.25, -0.2) is 0 Å². The normalized spacial score (nSPS) is 21.5. The zero-order valence-corrected chi connectivity index (χ0v) is 14.5. The first kappa shape index (κ1) is 17.4. The first-order valence-electron chi connectivity index (χ1n) is 9.13. The summed E-state index contributed by atoms with van der Waals surface area (Å²) in [4.78, 5) is 18.9. The summed E-state index contributed by atoms with van der Waals surface area (Å²) in [6.45, 7) is 5.68. The van der Waals surface area contributed by atoms with Gasteiger partial charge in [0.2, 0.25) is 11.8 Å². The monoisotopic (exact) mass is 336 g/mol. The third-order valence-corrected chi connectivity index (χ3v) is 5.04. The number of hydrogen-bond donors (Lipinski definition) is 1. The SMILES string of the molecule is C[C@@H](CC(=O)NCc1nc(C2CCCCC2)no1)N1CCOCC1. The number of nitrogens with one attached hydrogen (secondary N) is 1. The number of morpholine rings is 1. The molecule has 134 valence electrons. The molecule has 1 amide bonds. The van der Waals surface area contributed by atoms with Gasteiger partial charge in [0.1, 0.15) is 0 Å². The van der Waals surface area contributed by atoms with E-state index in [0.717, 1.165) is 45.0 Å². The Morgan fingerprint density at radius 1 is 1.29 bits per heavy atom. The van der Waals surface area contributed by atoms with Gasteiger partial charge in [0.25, 0.3) is 0 Å². The Morgan fingerprint density at radius 2 is 2.04 bits per heavy atom. The molecule has 1 N–H and O–H groups in total. The average Bonchev–Trinajstić information content (AvgIpc) is 3.10. The van der Waals surface area contributed by atoms with Crippen molar-refractivity contribution in [1.29, 1.82) is 0 Å². The highest BCUT2D eigenvalue weighted by Gasteiger charge is 2.22. The largest absolute Gasteiger partial charge is 0.379 e. The van der Waals surface area contributed by atoms with Crippen LogP contribution in [0.15, 0.2) is 4.52 Å². The molecule has 7 nitrogen and oxygen atoms in total. The summed E-state index contributed by atoms with van der Waals surface area (Å²) < 4.78 is 10.6. The Morgan fingerprint density at radius 3 is 2.79 bits per heavy atom. The van der Waals surface area contributed by atoms with E-state index in [-0.39, 0.29) is 11.9 Å². The van der Waals surface area contributed by atoms with Gasteiger partial charge in [0, 0.05) is 31.5 Å². The molecule has 1 aromatic rings. The molecule has 1 aliphatic heterocycles. The van der Waals surface area contributed by atoms with Gasteiger partial charge in [0.05, 0.1) is 19.8 Å². The zero-order chi connectivity index (χ0) is 16.8. The maximum atomic E-state index is 12.1. The third-order valence-electron chi connectivity index (χ3n) is 5.04. The second kappa shape index (κ2) is 8.58. The second-order valence-electron chi connectivity index (χ2n) is 6.86. The Hall–Kier alpha value is -1.47. The van der Waals surface area contributed by atoms with Crippen molar-refractivity contribution in [3.63, 3.8) is 0 Å². The summed E-state index contributed by atoms with van der Waals surface area (Å²) >= 11 is 0. The van der Waals surface area contributed by atoms with E-state index in [1.165, 1.54) is 19.3 Å². The van der Waals surface area contributed by atoms with Crippen LogP contribution in [0.3, 0.4) is 0 Å². The van der Waals surface area contributed by atoms with Crippen molar-refractivity contribution in [2.24, 2.45) is 0 Å². The van der Waals surface area contributed by atoms with Crippen LogP contribution in [0.25, 0.3) is 0 Å². The topological polar surface area (TPSA) is 80.5 Å². The van der Waals surface area contributed by atoms with Crippen molar-refractivity contribution >= 4 is 5.91 Å². The van der Waals surface area contributed by atoms with E-state index in [1.807, 2.05) is 0 Å². The number of carbonyl (C=O) groups is 1. The molecule has 0 bridgehead atoms. The molecule has 1 saturated carbocycles. The number of aromatic nitrogens is 2. The van der Waals surface area contributed by atoms with Gasteiger partial charge in [-0.2, -0.15) is 4.98 Å². The van der Waals surface area contributed by atoms with Gasteiger partial charge in [-0.05, 0) is 19.8 Å². The van der Waals surface area contributed by atoms with E-state index in [0.29, 0.717) is 24.8 Å². The lowest BCUT2D eigenvalue weighted by atomic mass is 9.89. The Bertz CT molecular complexity index is 522. The Labute approximate surface area is 143 Å². The third kappa shape index (κ3) is 4.77. The average molecular weight is 336 g/mol. The van der Waals surface area contributed by atoms with Gasteiger partial charge < -0.3 is 14.6 Å². The number of nitrogens with zero attached hydrogens (tertiary/aromatic N) is 3. The fraction of sp³-hybridized carbons (Fsp3) is 0.824. The van der Waals surface area contributed by atoms with Crippen molar-refractivity contribution in [3.8, 4) is 0 Å². The molecule has 1 atom stereocenters. The van der Waals surface area contributed by atoms with Gasteiger partial charge in [0.15, 0.2) is 5.82 Å².